The van der Waals surface area contributed by atoms with Crippen molar-refractivity contribution in [3.05, 3.63) is 65.7 Å². The van der Waals surface area contributed by atoms with Crippen LogP contribution in [0.4, 0.5) is 0 Å². The van der Waals surface area contributed by atoms with E-state index in [9.17, 15) is 0 Å². The minimum Gasteiger partial charge on any atom is -0.457 e. The largest absolute Gasteiger partial charge is 0.457 e. The number of para-hydroxylation sites is 1. The van der Waals surface area contributed by atoms with Crippen molar-refractivity contribution in [2.75, 3.05) is 19.6 Å². The molecule has 1 aliphatic rings. The van der Waals surface area contributed by atoms with Crippen LogP contribution in [0.25, 0.3) is 6.08 Å². The van der Waals surface area contributed by atoms with E-state index in [1.807, 2.05) is 36.4 Å². The molecule has 1 saturated heterocycles. The van der Waals surface area contributed by atoms with Crippen LogP contribution in [-0.4, -0.2) is 24.5 Å². The average Bonchev–Trinajstić information content (AvgIpc) is 2.57. The number of ether oxygens (including phenoxy) is 1. The lowest BCUT2D eigenvalue weighted by Crippen LogP contribution is -2.30. The second-order valence-corrected chi connectivity index (χ2v) is 5.72. The van der Waals surface area contributed by atoms with Gasteiger partial charge >= 0.3 is 0 Å². The summed E-state index contributed by atoms with van der Waals surface area (Å²) < 4.78 is 5.91. The summed E-state index contributed by atoms with van der Waals surface area (Å²) in [4.78, 5) is 2.51. The molecule has 0 unspecified atom stereocenters. The first-order valence-corrected chi connectivity index (χ1v) is 8.08. The molecule has 114 valence electrons. The summed E-state index contributed by atoms with van der Waals surface area (Å²) in [5.74, 6) is 1.77. The van der Waals surface area contributed by atoms with E-state index in [0.29, 0.717) is 0 Å². The Balaban J connectivity index is 1.69. The summed E-state index contributed by atoms with van der Waals surface area (Å²) in [6.07, 6.45) is 4.68. The summed E-state index contributed by atoms with van der Waals surface area (Å²) in [5, 5.41) is 0. The highest BCUT2D eigenvalue weighted by molar-refractivity contribution is 5.55. The molecule has 2 nitrogen and oxygen atoms in total. The third-order valence-corrected chi connectivity index (χ3v) is 4.15. The van der Waals surface area contributed by atoms with E-state index in [4.69, 9.17) is 4.74 Å². The van der Waals surface area contributed by atoms with Crippen LogP contribution >= 0.6 is 0 Å². The molecule has 0 spiro atoms. The highest BCUT2D eigenvalue weighted by atomic mass is 16.5. The first kappa shape index (κ1) is 14.9. The van der Waals surface area contributed by atoms with Gasteiger partial charge in [0.15, 0.2) is 0 Å². The highest BCUT2D eigenvalue weighted by Crippen LogP contribution is 2.24. The predicted octanol–water partition coefficient (Wildman–Crippen LogP) is 4.98. The molecule has 3 rings (SSSR count). The standard InChI is InChI=1S/C20H23NO/c1-2-21-13-11-17(12-14-21)15-18-7-6-10-20(16-18)22-19-8-4-3-5-9-19/h3-10,15-16H,2,11-14H2,1H3. The smallest absolute Gasteiger partial charge is 0.128 e. The van der Waals surface area contributed by atoms with Gasteiger partial charge in [0, 0.05) is 13.1 Å². The van der Waals surface area contributed by atoms with Crippen LogP contribution in [0.3, 0.4) is 0 Å². The number of hydrogen-bond donors (Lipinski definition) is 0. The molecule has 22 heavy (non-hydrogen) atoms. The van der Waals surface area contributed by atoms with Crippen LogP contribution in [0.2, 0.25) is 0 Å². The minimum atomic E-state index is 0.878. The maximum atomic E-state index is 5.91. The number of rotatable bonds is 4. The van der Waals surface area contributed by atoms with Crippen molar-refractivity contribution in [1.29, 1.82) is 0 Å². The van der Waals surface area contributed by atoms with E-state index in [0.717, 1.165) is 18.0 Å². The molecule has 1 fully saturated rings. The first-order chi connectivity index (χ1) is 10.8. The van der Waals surface area contributed by atoms with Gasteiger partial charge in [0.2, 0.25) is 0 Å². The van der Waals surface area contributed by atoms with Gasteiger partial charge in [-0.15, -0.1) is 0 Å². The molecule has 0 atom stereocenters. The van der Waals surface area contributed by atoms with Gasteiger partial charge in [-0.05, 0) is 49.2 Å². The van der Waals surface area contributed by atoms with Gasteiger partial charge in [0.1, 0.15) is 11.5 Å². The molecular weight excluding hydrogens is 270 g/mol. The van der Waals surface area contributed by atoms with E-state index < -0.39 is 0 Å². The minimum absolute atomic E-state index is 0.878. The van der Waals surface area contributed by atoms with E-state index >= 15 is 0 Å². The second kappa shape index (κ2) is 7.28. The molecule has 0 N–H and O–H groups in total. The number of piperidine rings is 1. The fourth-order valence-corrected chi connectivity index (χ4v) is 2.83. The molecule has 1 heterocycles. The zero-order valence-electron chi connectivity index (χ0n) is 13.2. The first-order valence-electron chi connectivity index (χ1n) is 8.08. The van der Waals surface area contributed by atoms with E-state index in [1.54, 1.807) is 5.57 Å². The Kier molecular flexibility index (Phi) is 4.92. The normalized spacial score (nSPS) is 15.6. The topological polar surface area (TPSA) is 12.5 Å². The number of nitrogens with zero attached hydrogens (tertiary/aromatic N) is 1. The number of benzene rings is 2. The second-order valence-electron chi connectivity index (χ2n) is 5.72. The third kappa shape index (κ3) is 3.99. The average molecular weight is 293 g/mol. The molecule has 0 bridgehead atoms. The Bertz CT molecular complexity index is 623. The lowest BCUT2D eigenvalue weighted by atomic mass is 10.0. The number of likely N-dealkylation sites (tertiary alicyclic amines) is 1. The lowest BCUT2D eigenvalue weighted by Gasteiger charge is -2.26. The predicted molar refractivity (Wildman–Crippen MR) is 92.3 cm³/mol. The van der Waals surface area contributed by atoms with Gasteiger partial charge in [-0.1, -0.05) is 48.9 Å². The highest BCUT2D eigenvalue weighted by Gasteiger charge is 2.11. The molecule has 2 aromatic rings. The molecule has 2 heteroatoms. The van der Waals surface area contributed by atoms with Gasteiger partial charge < -0.3 is 9.64 Å². The van der Waals surface area contributed by atoms with Gasteiger partial charge in [-0.2, -0.15) is 0 Å². The maximum absolute atomic E-state index is 5.91. The summed E-state index contributed by atoms with van der Waals surface area (Å²) in [6.45, 7) is 5.76. The monoisotopic (exact) mass is 293 g/mol. The van der Waals surface area contributed by atoms with Crippen LogP contribution in [0, 0.1) is 0 Å². The summed E-state index contributed by atoms with van der Waals surface area (Å²) in [7, 11) is 0. The zero-order valence-corrected chi connectivity index (χ0v) is 13.2. The summed E-state index contributed by atoms with van der Waals surface area (Å²) >= 11 is 0. The summed E-state index contributed by atoms with van der Waals surface area (Å²) in [5.41, 5.74) is 2.77. The molecule has 0 aromatic heterocycles. The molecule has 0 amide bonds. The molecule has 2 aromatic carbocycles. The van der Waals surface area contributed by atoms with Crippen LogP contribution < -0.4 is 4.74 Å². The van der Waals surface area contributed by atoms with E-state index in [-0.39, 0.29) is 0 Å². The van der Waals surface area contributed by atoms with Crippen molar-refractivity contribution in [2.45, 2.75) is 19.8 Å². The van der Waals surface area contributed by atoms with Gasteiger partial charge in [-0.25, -0.2) is 0 Å². The number of hydrogen-bond acceptors (Lipinski definition) is 2. The Labute approximate surface area is 133 Å². The fourth-order valence-electron chi connectivity index (χ4n) is 2.83. The summed E-state index contributed by atoms with van der Waals surface area (Å²) in [6, 6.07) is 18.3. The molecular formula is C20H23NO. The Hall–Kier alpha value is -2.06. The lowest BCUT2D eigenvalue weighted by molar-refractivity contribution is 0.270. The van der Waals surface area contributed by atoms with Crippen molar-refractivity contribution in [1.82, 2.24) is 4.90 Å². The van der Waals surface area contributed by atoms with Crippen molar-refractivity contribution in [3.63, 3.8) is 0 Å². The van der Waals surface area contributed by atoms with Gasteiger partial charge in [-0.3, -0.25) is 0 Å². The van der Waals surface area contributed by atoms with Crippen LogP contribution in [-0.2, 0) is 0 Å². The Morgan fingerprint density at radius 3 is 2.41 bits per heavy atom. The zero-order chi connectivity index (χ0) is 15.2. The molecule has 0 saturated carbocycles. The van der Waals surface area contributed by atoms with E-state index in [2.05, 4.69) is 36.1 Å². The molecule has 0 aliphatic carbocycles. The van der Waals surface area contributed by atoms with Crippen molar-refractivity contribution in [3.8, 4) is 11.5 Å². The van der Waals surface area contributed by atoms with Crippen LogP contribution in [0.1, 0.15) is 25.3 Å². The van der Waals surface area contributed by atoms with E-state index in [1.165, 1.54) is 31.5 Å². The Morgan fingerprint density at radius 1 is 0.955 bits per heavy atom. The van der Waals surface area contributed by atoms with Crippen LogP contribution in [0.15, 0.2) is 60.2 Å². The Morgan fingerprint density at radius 2 is 1.68 bits per heavy atom. The van der Waals surface area contributed by atoms with Gasteiger partial charge in [0.05, 0.1) is 0 Å². The van der Waals surface area contributed by atoms with Crippen LogP contribution in [0.5, 0.6) is 11.5 Å². The fraction of sp³-hybridized carbons (Fsp3) is 0.300. The SMILES string of the molecule is CCN1CCC(=Cc2cccc(Oc3ccccc3)c2)CC1. The molecule has 0 radical (unpaired) electrons. The maximum Gasteiger partial charge on any atom is 0.128 e. The quantitative estimate of drug-likeness (QED) is 0.788. The third-order valence-electron chi connectivity index (χ3n) is 4.15. The van der Waals surface area contributed by atoms with Crippen molar-refractivity contribution in [2.24, 2.45) is 0 Å². The van der Waals surface area contributed by atoms with Gasteiger partial charge in [0.25, 0.3) is 0 Å². The van der Waals surface area contributed by atoms with Crippen molar-refractivity contribution >= 4 is 6.08 Å². The molecule has 1 aliphatic heterocycles. The van der Waals surface area contributed by atoms with Crippen molar-refractivity contribution < 1.29 is 4.74 Å².